The zero-order valence-electron chi connectivity index (χ0n) is 12.7. The largest absolute Gasteiger partial charge is 0.348 e. The molecule has 2 heterocycles. The van der Waals surface area contributed by atoms with Crippen molar-refractivity contribution in [3.8, 4) is 11.4 Å². The van der Waals surface area contributed by atoms with E-state index in [0.29, 0.717) is 11.1 Å². The number of aromatic nitrogens is 3. The predicted octanol–water partition coefficient (Wildman–Crippen LogP) is 2.29. The van der Waals surface area contributed by atoms with Gasteiger partial charge in [0.1, 0.15) is 0 Å². The fraction of sp³-hybridized carbons (Fsp3) is 0.125. The predicted molar refractivity (Wildman–Crippen MR) is 82.9 cm³/mol. The van der Waals surface area contributed by atoms with Gasteiger partial charge < -0.3 is 14.8 Å². The summed E-state index contributed by atoms with van der Waals surface area (Å²) in [6.45, 7) is 0.250. The lowest BCUT2D eigenvalue weighted by atomic mass is 10.1. The van der Waals surface area contributed by atoms with E-state index in [1.54, 1.807) is 6.07 Å². The van der Waals surface area contributed by atoms with E-state index in [1.165, 1.54) is 36.5 Å². The molecule has 0 aliphatic heterocycles. The van der Waals surface area contributed by atoms with Crippen LogP contribution in [0.15, 0.2) is 51.9 Å². The molecule has 1 amide bonds. The minimum atomic E-state index is -2.83. The van der Waals surface area contributed by atoms with E-state index in [2.05, 4.69) is 25.0 Å². The molecule has 0 aliphatic carbocycles. The summed E-state index contributed by atoms with van der Waals surface area (Å²) < 4.78 is 29.3. The summed E-state index contributed by atoms with van der Waals surface area (Å²) in [6, 6.07) is 9.10. The first-order valence-corrected chi connectivity index (χ1v) is 7.21. The smallest absolute Gasteiger partial charge is 0.315 e. The quantitative estimate of drug-likeness (QED) is 0.738. The molecule has 0 spiro atoms. The fourth-order valence-electron chi connectivity index (χ4n) is 2.05. The minimum Gasteiger partial charge on any atom is -0.348 e. The first-order valence-electron chi connectivity index (χ1n) is 7.21. The topological polar surface area (TPSA) is 101 Å². The van der Waals surface area contributed by atoms with Crippen LogP contribution in [0.25, 0.3) is 11.4 Å². The fourth-order valence-corrected chi connectivity index (χ4v) is 2.05. The van der Waals surface area contributed by atoms with Gasteiger partial charge in [-0.1, -0.05) is 23.4 Å². The molecule has 0 unspecified atom stereocenters. The van der Waals surface area contributed by atoms with Crippen LogP contribution in [-0.2, 0) is 6.54 Å². The number of H-pyrrole nitrogens is 1. The van der Waals surface area contributed by atoms with Crippen LogP contribution in [0.1, 0.15) is 28.2 Å². The molecule has 0 fully saturated rings. The Morgan fingerprint density at radius 1 is 1.20 bits per heavy atom. The summed E-state index contributed by atoms with van der Waals surface area (Å²) in [7, 11) is 0. The summed E-state index contributed by atoms with van der Waals surface area (Å²) in [5.41, 5.74) is 1.36. The van der Waals surface area contributed by atoms with E-state index in [0.717, 1.165) is 5.56 Å². The number of rotatable bonds is 5. The Bertz CT molecular complexity index is 915. The van der Waals surface area contributed by atoms with Crippen LogP contribution in [0.5, 0.6) is 0 Å². The Morgan fingerprint density at radius 3 is 2.56 bits per heavy atom. The van der Waals surface area contributed by atoms with Gasteiger partial charge in [0.15, 0.2) is 0 Å². The molecule has 9 heteroatoms. The third kappa shape index (κ3) is 3.94. The van der Waals surface area contributed by atoms with Crippen molar-refractivity contribution >= 4 is 5.91 Å². The third-order valence-electron chi connectivity index (χ3n) is 3.34. The van der Waals surface area contributed by atoms with Crippen molar-refractivity contribution in [3.05, 3.63) is 70.0 Å². The molecular weight excluding hydrogens is 334 g/mol. The molecular formula is C16H12F2N4O3. The Hall–Kier alpha value is -3.36. The van der Waals surface area contributed by atoms with Crippen LogP contribution in [0, 0.1) is 0 Å². The van der Waals surface area contributed by atoms with Crippen molar-refractivity contribution in [1.29, 1.82) is 0 Å². The van der Waals surface area contributed by atoms with Crippen LogP contribution in [0.2, 0.25) is 0 Å². The Morgan fingerprint density at radius 2 is 1.96 bits per heavy atom. The average molecular weight is 346 g/mol. The molecule has 3 aromatic rings. The molecule has 2 aromatic heterocycles. The Labute approximate surface area is 139 Å². The number of halogens is 2. The zero-order valence-corrected chi connectivity index (χ0v) is 12.7. The lowest BCUT2D eigenvalue weighted by molar-refractivity contribution is 0.0950. The number of hydrogen-bond acceptors (Lipinski definition) is 5. The third-order valence-corrected chi connectivity index (χ3v) is 3.34. The average Bonchev–Trinajstić information content (AvgIpc) is 3.11. The molecule has 0 saturated heterocycles. The van der Waals surface area contributed by atoms with E-state index in [1.807, 2.05) is 0 Å². The van der Waals surface area contributed by atoms with Crippen LogP contribution in [0.3, 0.4) is 0 Å². The van der Waals surface area contributed by atoms with Gasteiger partial charge in [-0.2, -0.15) is 13.8 Å². The number of amides is 1. The minimum absolute atomic E-state index is 0.0236. The van der Waals surface area contributed by atoms with Crippen molar-refractivity contribution in [1.82, 2.24) is 20.4 Å². The van der Waals surface area contributed by atoms with Gasteiger partial charge in [-0.15, -0.1) is 0 Å². The summed E-state index contributed by atoms with van der Waals surface area (Å²) >= 11 is 0. The van der Waals surface area contributed by atoms with Crippen LogP contribution in [-0.4, -0.2) is 21.0 Å². The number of aromatic amines is 1. The number of nitrogens with zero attached hydrogens (tertiary/aromatic N) is 2. The highest BCUT2D eigenvalue weighted by Crippen LogP contribution is 2.21. The first-order chi connectivity index (χ1) is 12.0. The maximum Gasteiger partial charge on any atom is 0.315 e. The molecule has 3 rings (SSSR count). The number of hydrogen-bond donors (Lipinski definition) is 2. The number of carbonyl (C=O) groups is 1. The number of alkyl halides is 2. The molecule has 0 bridgehead atoms. The van der Waals surface area contributed by atoms with Gasteiger partial charge in [0.25, 0.3) is 11.8 Å². The van der Waals surface area contributed by atoms with Crippen molar-refractivity contribution < 1.29 is 18.1 Å². The van der Waals surface area contributed by atoms with Gasteiger partial charge in [-0.05, 0) is 17.7 Å². The van der Waals surface area contributed by atoms with Crippen molar-refractivity contribution in [3.63, 3.8) is 0 Å². The van der Waals surface area contributed by atoms with Crippen LogP contribution in [0.4, 0.5) is 8.78 Å². The summed E-state index contributed by atoms with van der Waals surface area (Å²) in [5, 5.41) is 6.17. The number of pyridine rings is 1. The normalized spacial score (nSPS) is 10.8. The van der Waals surface area contributed by atoms with Gasteiger partial charge in [0.2, 0.25) is 11.4 Å². The first kappa shape index (κ1) is 16.5. The highest BCUT2D eigenvalue weighted by molar-refractivity contribution is 5.94. The summed E-state index contributed by atoms with van der Waals surface area (Å²) in [6.07, 6.45) is -1.32. The van der Waals surface area contributed by atoms with Gasteiger partial charge >= 0.3 is 6.43 Å². The maximum atomic E-state index is 12.4. The van der Waals surface area contributed by atoms with E-state index in [-0.39, 0.29) is 23.8 Å². The summed E-state index contributed by atoms with van der Waals surface area (Å²) in [4.78, 5) is 29.2. The van der Waals surface area contributed by atoms with E-state index in [9.17, 15) is 18.4 Å². The lowest BCUT2D eigenvalue weighted by Gasteiger charge is -2.05. The molecule has 7 nitrogen and oxygen atoms in total. The Balaban J connectivity index is 1.65. The second kappa shape index (κ2) is 7.04. The second-order valence-corrected chi connectivity index (χ2v) is 5.08. The monoisotopic (exact) mass is 346 g/mol. The van der Waals surface area contributed by atoms with Crippen molar-refractivity contribution in [2.24, 2.45) is 0 Å². The zero-order chi connectivity index (χ0) is 17.8. The SMILES string of the molecule is O=C(NCc1ccc(=O)[nH]c1)c1ccc(-c2noc(C(F)F)n2)cc1. The lowest BCUT2D eigenvalue weighted by Crippen LogP contribution is -2.23. The standard InChI is InChI=1S/C16H12F2N4O3/c17-13(18)16-21-14(22-25-16)10-2-4-11(5-3-10)15(24)20-8-9-1-6-12(23)19-7-9/h1-7,13H,8H2,(H,19,23)(H,20,24). The highest BCUT2D eigenvalue weighted by Gasteiger charge is 2.17. The number of benzene rings is 1. The summed E-state index contributed by atoms with van der Waals surface area (Å²) in [5.74, 6) is -1.05. The molecule has 0 radical (unpaired) electrons. The van der Waals surface area contributed by atoms with E-state index in [4.69, 9.17) is 0 Å². The molecule has 0 saturated carbocycles. The maximum absolute atomic E-state index is 12.4. The highest BCUT2D eigenvalue weighted by atomic mass is 19.3. The Kier molecular flexibility index (Phi) is 4.64. The molecule has 0 aliphatic rings. The van der Waals surface area contributed by atoms with Crippen molar-refractivity contribution in [2.45, 2.75) is 13.0 Å². The second-order valence-electron chi connectivity index (χ2n) is 5.08. The van der Waals surface area contributed by atoms with Gasteiger partial charge in [0.05, 0.1) is 0 Å². The van der Waals surface area contributed by atoms with Gasteiger partial charge in [-0.25, -0.2) is 0 Å². The van der Waals surface area contributed by atoms with Gasteiger partial charge in [-0.3, -0.25) is 9.59 Å². The van der Waals surface area contributed by atoms with Gasteiger partial charge in [0, 0.05) is 29.9 Å². The molecule has 25 heavy (non-hydrogen) atoms. The molecule has 1 aromatic carbocycles. The van der Waals surface area contributed by atoms with E-state index < -0.39 is 12.3 Å². The van der Waals surface area contributed by atoms with E-state index >= 15 is 0 Å². The molecule has 2 N–H and O–H groups in total. The number of nitrogens with one attached hydrogen (secondary N) is 2. The molecule has 128 valence electrons. The van der Waals surface area contributed by atoms with Crippen molar-refractivity contribution in [2.75, 3.05) is 0 Å². The molecule has 0 atom stereocenters. The van der Waals surface area contributed by atoms with Crippen LogP contribution >= 0.6 is 0 Å². The van der Waals surface area contributed by atoms with Crippen LogP contribution < -0.4 is 10.9 Å². The number of carbonyl (C=O) groups excluding carboxylic acids is 1.